The first kappa shape index (κ1) is 16.2. The maximum absolute atomic E-state index is 5.36. The summed E-state index contributed by atoms with van der Waals surface area (Å²) in [5.41, 5.74) is 2.26. The zero-order valence-corrected chi connectivity index (χ0v) is 13.4. The van der Waals surface area contributed by atoms with Crippen molar-refractivity contribution in [1.29, 1.82) is 0 Å². The van der Waals surface area contributed by atoms with Gasteiger partial charge < -0.3 is 4.74 Å². The molecule has 0 saturated heterocycles. The Hall–Kier alpha value is -2.13. The lowest BCUT2D eigenvalue weighted by molar-refractivity contribution is 0.322. The number of nitrogens with zero attached hydrogens (tertiary/aromatic N) is 2. The van der Waals surface area contributed by atoms with Crippen LogP contribution in [0, 0.1) is 0 Å². The molecule has 0 unspecified atom stereocenters. The van der Waals surface area contributed by atoms with Crippen LogP contribution < -0.4 is 4.74 Å². The van der Waals surface area contributed by atoms with Crippen LogP contribution in [-0.4, -0.2) is 36.6 Å². The fourth-order valence-electron chi connectivity index (χ4n) is 2.33. The van der Waals surface area contributed by atoms with Crippen molar-refractivity contribution >= 4 is 6.08 Å². The monoisotopic (exact) mass is 296 g/mol. The third-order valence-electron chi connectivity index (χ3n) is 3.66. The van der Waals surface area contributed by atoms with Gasteiger partial charge in [0, 0.05) is 37.0 Å². The molecular weight excluding hydrogens is 272 g/mol. The fraction of sp³-hybridized carbons (Fsp3) is 0.316. The molecule has 0 N–H and O–H groups in total. The Labute approximate surface area is 133 Å². The van der Waals surface area contributed by atoms with Crippen LogP contribution in [0.15, 0.2) is 54.7 Å². The van der Waals surface area contributed by atoms with E-state index in [1.54, 1.807) is 7.11 Å². The maximum Gasteiger partial charge on any atom is 0.126 e. The summed E-state index contributed by atoms with van der Waals surface area (Å²) >= 11 is 0. The summed E-state index contributed by atoms with van der Waals surface area (Å²) in [6.45, 7) is 5.17. The number of likely N-dealkylation sites (N-methyl/N-ethyl adjacent to an activating group) is 1. The van der Waals surface area contributed by atoms with Crippen LogP contribution >= 0.6 is 0 Å². The Morgan fingerprint density at radius 3 is 2.68 bits per heavy atom. The average Bonchev–Trinajstić information content (AvgIpc) is 2.59. The minimum Gasteiger partial charge on any atom is -0.496 e. The Morgan fingerprint density at radius 2 is 1.95 bits per heavy atom. The van der Waals surface area contributed by atoms with E-state index in [2.05, 4.69) is 41.1 Å². The van der Waals surface area contributed by atoms with Gasteiger partial charge in [-0.15, -0.1) is 0 Å². The Bertz CT molecular complexity index is 581. The number of pyridine rings is 1. The second-order valence-corrected chi connectivity index (χ2v) is 5.11. The number of methoxy groups -OCH3 is 1. The van der Waals surface area contributed by atoms with Crippen LogP contribution in [-0.2, 0) is 6.42 Å². The molecule has 0 aliphatic rings. The molecule has 2 aromatic rings. The average molecular weight is 296 g/mol. The molecule has 0 amide bonds. The van der Waals surface area contributed by atoms with Gasteiger partial charge in [-0.3, -0.25) is 9.88 Å². The summed E-state index contributed by atoms with van der Waals surface area (Å²) in [4.78, 5) is 6.78. The van der Waals surface area contributed by atoms with E-state index >= 15 is 0 Å². The molecule has 0 bridgehead atoms. The summed E-state index contributed by atoms with van der Waals surface area (Å²) in [5, 5.41) is 0. The van der Waals surface area contributed by atoms with E-state index in [1.807, 2.05) is 36.5 Å². The molecule has 22 heavy (non-hydrogen) atoms. The quantitative estimate of drug-likeness (QED) is 0.743. The van der Waals surface area contributed by atoms with Gasteiger partial charge in [0.15, 0.2) is 0 Å². The highest BCUT2D eigenvalue weighted by Crippen LogP contribution is 2.18. The van der Waals surface area contributed by atoms with Crippen LogP contribution in [0.2, 0.25) is 0 Å². The van der Waals surface area contributed by atoms with E-state index in [0.29, 0.717) is 0 Å². The molecule has 0 fully saturated rings. The number of hydrogen-bond donors (Lipinski definition) is 0. The fourth-order valence-corrected chi connectivity index (χ4v) is 2.33. The highest BCUT2D eigenvalue weighted by atomic mass is 16.5. The zero-order valence-electron chi connectivity index (χ0n) is 13.4. The Balaban J connectivity index is 1.86. The van der Waals surface area contributed by atoms with Crippen molar-refractivity contribution in [2.24, 2.45) is 0 Å². The molecule has 0 aliphatic heterocycles. The second-order valence-electron chi connectivity index (χ2n) is 5.11. The van der Waals surface area contributed by atoms with Crippen molar-refractivity contribution in [2.45, 2.75) is 13.3 Å². The summed E-state index contributed by atoms with van der Waals surface area (Å²) in [6.07, 6.45) is 7.16. The zero-order chi connectivity index (χ0) is 15.6. The van der Waals surface area contributed by atoms with Gasteiger partial charge in [0.25, 0.3) is 0 Å². The molecule has 0 aliphatic carbocycles. The number of aromatic nitrogens is 1. The predicted octanol–water partition coefficient (Wildman–Crippen LogP) is 3.67. The number of hydrogen-bond acceptors (Lipinski definition) is 3. The first-order chi connectivity index (χ1) is 10.8. The van der Waals surface area contributed by atoms with E-state index in [0.717, 1.165) is 43.1 Å². The molecule has 1 heterocycles. The molecule has 0 atom stereocenters. The molecule has 3 heteroatoms. The minimum absolute atomic E-state index is 0.912. The van der Waals surface area contributed by atoms with Crippen LogP contribution in [0.5, 0.6) is 5.75 Å². The van der Waals surface area contributed by atoms with Gasteiger partial charge in [0.2, 0.25) is 0 Å². The van der Waals surface area contributed by atoms with Crippen LogP contribution in [0.4, 0.5) is 0 Å². The summed E-state index contributed by atoms with van der Waals surface area (Å²) < 4.78 is 5.36. The molecular formula is C19H24N2O. The Kier molecular flexibility index (Phi) is 6.65. The SMILES string of the molecule is CCN(CC=Cc1ccccc1OC)CCc1ccccn1. The number of rotatable bonds is 8. The lowest BCUT2D eigenvalue weighted by atomic mass is 10.2. The molecule has 3 nitrogen and oxygen atoms in total. The molecule has 116 valence electrons. The largest absolute Gasteiger partial charge is 0.496 e. The third-order valence-corrected chi connectivity index (χ3v) is 3.66. The van der Waals surface area contributed by atoms with Gasteiger partial charge in [0.05, 0.1) is 7.11 Å². The van der Waals surface area contributed by atoms with E-state index in [-0.39, 0.29) is 0 Å². The number of ether oxygens (including phenoxy) is 1. The van der Waals surface area contributed by atoms with Gasteiger partial charge in [-0.25, -0.2) is 0 Å². The van der Waals surface area contributed by atoms with Crippen molar-refractivity contribution in [3.63, 3.8) is 0 Å². The van der Waals surface area contributed by atoms with E-state index in [4.69, 9.17) is 4.74 Å². The molecule has 0 spiro atoms. The first-order valence-electron chi connectivity index (χ1n) is 7.75. The lowest BCUT2D eigenvalue weighted by Gasteiger charge is -2.18. The smallest absolute Gasteiger partial charge is 0.126 e. The number of benzene rings is 1. The van der Waals surface area contributed by atoms with Gasteiger partial charge in [-0.1, -0.05) is 43.3 Å². The summed E-state index contributed by atoms with van der Waals surface area (Å²) in [7, 11) is 1.71. The Morgan fingerprint density at radius 1 is 1.14 bits per heavy atom. The molecule has 1 aromatic heterocycles. The van der Waals surface area contributed by atoms with Gasteiger partial charge in [-0.2, -0.15) is 0 Å². The van der Waals surface area contributed by atoms with Crippen molar-refractivity contribution in [2.75, 3.05) is 26.7 Å². The predicted molar refractivity (Wildman–Crippen MR) is 92.1 cm³/mol. The molecule has 2 rings (SSSR count). The van der Waals surface area contributed by atoms with Gasteiger partial charge in [0.1, 0.15) is 5.75 Å². The van der Waals surface area contributed by atoms with E-state index < -0.39 is 0 Å². The van der Waals surface area contributed by atoms with Gasteiger partial charge >= 0.3 is 0 Å². The highest BCUT2D eigenvalue weighted by Gasteiger charge is 2.02. The second kappa shape index (κ2) is 9.00. The van der Waals surface area contributed by atoms with Crippen LogP contribution in [0.1, 0.15) is 18.2 Å². The van der Waals surface area contributed by atoms with Crippen molar-refractivity contribution in [3.05, 3.63) is 66.0 Å². The molecule has 1 aromatic carbocycles. The van der Waals surface area contributed by atoms with E-state index in [9.17, 15) is 0 Å². The van der Waals surface area contributed by atoms with E-state index in [1.165, 1.54) is 0 Å². The normalized spacial score (nSPS) is 11.2. The third kappa shape index (κ3) is 5.01. The van der Waals surface area contributed by atoms with Crippen molar-refractivity contribution < 1.29 is 4.74 Å². The molecule has 0 saturated carbocycles. The topological polar surface area (TPSA) is 25.4 Å². The minimum atomic E-state index is 0.912. The molecule has 0 radical (unpaired) electrons. The summed E-state index contributed by atoms with van der Waals surface area (Å²) in [5.74, 6) is 0.912. The first-order valence-corrected chi connectivity index (χ1v) is 7.75. The van der Waals surface area contributed by atoms with Crippen LogP contribution in [0.25, 0.3) is 6.08 Å². The van der Waals surface area contributed by atoms with Gasteiger partial charge in [-0.05, 0) is 24.7 Å². The summed E-state index contributed by atoms with van der Waals surface area (Å²) in [6, 6.07) is 14.1. The number of para-hydroxylation sites is 1. The standard InChI is InChI=1S/C19H24N2O/c1-3-21(16-13-18-11-6-7-14-20-18)15-8-10-17-9-4-5-12-19(17)22-2/h4-12,14H,3,13,15-16H2,1-2H3. The van der Waals surface area contributed by atoms with Crippen LogP contribution in [0.3, 0.4) is 0 Å². The highest BCUT2D eigenvalue weighted by molar-refractivity contribution is 5.57. The van der Waals surface area contributed by atoms with Crippen molar-refractivity contribution in [3.8, 4) is 5.75 Å². The maximum atomic E-state index is 5.36. The van der Waals surface area contributed by atoms with Crippen molar-refractivity contribution in [1.82, 2.24) is 9.88 Å². The lowest BCUT2D eigenvalue weighted by Crippen LogP contribution is -2.26.